The first-order chi connectivity index (χ1) is 9.78. The predicted molar refractivity (Wildman–Crippen MR) is 78.0 cm³/mol. The molecule has 0 spiro atoms. The SMILES string of the molecule is O=C([O-])c1ccc(S(=O)(=O)Nc2cc(Cl)cc(Cl)c2)cc1. The van der Waals surface area contributed by atoms with E-state index in [0.29, 0.717) is 0 Å². The normalized spacial score (nSPS) is 11.1. The van der Waals surface area contributed by atoms with E-state index in [-0.39, 0.29) is 26.2 Å². The first kappa shape index (κ1) is 15.6. The second kappa shape index (κ2) is 5.93. The molecule has 21 heavy (non-hydrogen) atoms. The number of carbonyl (C=O) groups excluding carboxylic acids is 1. The summed E-state index contributed by atoms with van der Waals surface area (Å²) in [5, 5.41) is 11.2. The summed E-state index contributed by atoms with van der Waals surface area (Å²) in [6.07, 6.45) is 0. The van der Waals surface area contributed by atoms with Crippen molar-refractivity contribution in [2.24, 2.45) is 0 Å². The third-order valence-electron chi connectivity index (χ3n) is 2.52. The lowest BCUT2D eigenvalue weighted by Gasteiger charge is -2.10. The topological polar surface area (TPSA) is 86.3 Å². The zero-order chi connectivity index (χ0) is 15.6. The summed E-state index contributed by atoms with van der Waals surface area (Å²) in [7, 11) is -3.87. The van der Waals surface area contributed by atoms with Gasteiger partial charge in [-0.1, -0.05) is 35.3 Å². The Hall–Kier alpha value is -1.76. The molecule has 5 nitrogen and oxygen atoms in total. The number of anilines is 1. The second-order valence-electron chi connectivity index (χ2n) is 4.08. The molecular weight excluding hydrogens is 337 g/mol. The van der Waals surface area contributed by atoms with Crippen LogP contribution >= 0.6 is 23.2 Å². The fourth-order valence-corrected chi connectivity index (χ4v) is 3.16. The number of benzene rings is 2. The average molecular weight is 345 g/mol. The summed E-state index contributed by atoms with van der Waals surface area (Å²) in [6.45, 7) is 0. The first-order valence-corrected chi connectivity index (χ1v) is 7.82. The van der Waals surface area contributed by atoms with Crippen LogP contribution in [0, 0.1) is 0 Å². The molecule has 0 amide bonds. The van der Waals surface area contributed by atoms with Crippen LogP contribution in [-0.2, 0) is 10.0 Å². The average Bonchev–Trinajstić information content (AvgIpc) is 2.37. The Labute approximate surface area is 131 Å². The molecule has 110 valence electrons. The van der Waals surface area contributed by atoms with Gasteiger partial charge in [-0.3, -0.25) is 4.72 Å². The van der Waals surface area contributed by atoms with Crippen LogP contribution in [0.25, 0.3) is 0 Å². The molecule has 0 unspecified atom stereocenters. The molecule has 0 saturated heterocycles. The Morgan fingerprint density at radius 3 is 2.00 bits per heavy atom. The van der Waals surface area contributed by atoms with E-state index in [9.17, 15) is 18.3 Å². The van der Waals surface area contributed by atoms with Crippen LogP contribution in [-0.4, -0.2) is 14.4 Å². The van der Waals surface area contributed by atoms with Crippen molar-refractivity contribution in [3.63, 3.8) is 0 Å². The Morgan fingerprint density at radius 2 is 1.52 bits per heavy atom. The molecule has 0 saturated carbocycles. The van der Waals surface area contributed by atoms with Gasteiger partial charge in [0.1, 0.15) is 0 Å². The zero-order valence-electron chi connectivity index (χ0n) is 10.3. The van der Waals surface area contributed by atoms with Gasteiger partial charge >= 0.3 is 0 Å². The number of aromatic carboxylic acids is 1. The van der Waals surface area contributed by atoms with Gasteiger partial charge in [-0.05, 0) is 35.9 Å². The lowest BCUT2D eigenvalue weighted by molar-refractivity contribution is -0.255. The molecule has 0 heterocycles. The molecule has 8 heteroatoms. The van der Waals surface area contributed by atoms with Crippen LogP contribution in [0.3, 0.4) is 0 Å². The third kappa shape index (κ3) is 3.87. The number of carbonyl (C=O) groups is 1. The molecule has 0 atom stereocenters. The molecule has 1 N–H and O–H groups in total. The number of rotatable bonds is 4. The lowest BCUT2D eigenvalue weighted by atomic mass is 10.2. The predicted octanol–water partition coefficient (Wildman–Crippen LogP) is 2.16. The fourth-order valence-electron chi connectivity index (χ4n) is 1.60. The summed E-state index contributed by atoms with van der Waals surface area (Å²) in [5.74, 6) is -1.38. The molecule has 2 aromatic rings. The van der Waals surface area contributed by atoms with E-state index >= 15 is 0 Å². The largest absolute Gasteiger partial charge is 0.545 e. The van der Waals surface area contributed by atoms with E-state index in [1.165, 1.54) is 30.3 Å². The quantitative estimate of drug-likeness (QED) is 0.920. The summed E-state index contributed by atoms with van der Waals surface area (Å²) < 4.78 is 26.6. The van der Waals surface area contributed by atoms with Crippen LogP contribution in [0.5, 0.6) is 0 Å². The van der Waals surface area contributed by atoms with Crippen molar-refractivity contribution in [3.05, 3.63) is 58.1 Å². The number of carboxylic acid groups (broad SMARTS) is 1. The van der Waals surface area contributed by atoms with Crippen molar-refractivity contribution in [2.45, 2.75) is 4.90 Å². The van der Waals surface area contributed by atoms with E-state index in [1.54, 1.807) is 0 Å². The fraction of sp³-hybridized carbons (Fsp3) is 0. The molecule has 0 aliphatic rings. The molecule has 0 fully saturated rings. The van der Waals surface area contributed by atoms with Crippen molar-refractivity contribution >= 4 is 44.9 Å². The first-order valence-electron chi connectivity index (χ1n) is 5.58. The van der Waals surface area contributed by atoms with Gasteiger partial charge in [0.2, 0.25) is 0 Å². The number of halogens is 2. The summed E-state index contributed by atoms with van der Waals surface area (Å²) >= 11 is 11.6. The maximum atomic E-state index is 12.1. The second-order valence-corrected chi connectivity index (χ2v) is 6.63. The highest BCUT2D eigenvalue weighted by molar-refractivity contribution is 7.92. The van der Waals surface area contributed by atoms with E-state index in [4.69, 9.17) is 23.2 Å². The monoisotopic (exact) mass is 344 g/mol. The van der Waals surface area contributed by atoms with Crippen LogP contribution in [0.4, 0.5) is 5.69 Å². The Balaban J connectivity index is 2.31. The minimum absolute atomic E-state index is 0.0939. The lowest BCUT2D eigenvalue weighted by Crippen LogP contribution is -2.22. The van der Waals surface area contributed by atoms with Gasteiger partial charge in [0.25, 0.3) is 10.0 Å². The van der Waals surface area contributed by atoms with Gasteiger partial charge in [0.05, 0.1) is 16.6 Å². The maximum Gasteiger partial charge on any atom is 0.261 e. The Bertz CT molecular complexity index is 768. The maximum absolute atomic E-state index is 12.1. The van der Waals surface area contributed by atoms with Crippen LogP contribution in [0.1, 0.15) is 10.4 Å². The van der Waals surface area contributed by atoms with E-state index in [0.717, 1.165) is 12.1 Å². The summed E-state index contributed by atoms with van der Waals surface area (Å²) in [6, 6.07) is 8.90. The third-order valence-corrected chi connectivity index (χ3v) is 4.35. The van der Waals surface area contributed by atoms with E-state index in [1.807, 2.05) is 0 Å². The number of hydrogen-bond donors (Lipinski definition) is 1. The summed E-state index contributed by atoms with van der Waals surface area (Å²) in [4.78, 5) is 10.5. The highest BCUT2D eigenvalue weighted by atomic mass is 35.5. The van der Waals surface area contributed by atoms with Gasteiger partial charge in [-0.2, -0.15) is 0 Å². The molecule has 2 aromatic carbocycles. The number of sulfonamides is 1. The van der Waals surface area contributed by atoms with Crippen molar-refractivity contribution in [1.29, 1.82) is 0 Å². The minimum Gasteiger partial charge on any atom is -0.545 e. The van der Waals surface area contributed by atoms with Gasteiger partial charge in [0.15, 0.2) is 0 Å². The smallest absolute Gasteiger partial charge is 0.261 e. The van der Waals surface area contributed by atoms with E-state index in [2.05, 4.69) is 4.72 Å². The van der Waals surface area contributed by atoms with Crippen LogP contribution in [0.15, 0.2) is 47.4 Å². The van der Waals surface area contributed by atoms with Gasteiger partial charge in [0, 0.05) is 10.0 Å². The van der Waals surface area contributed by atoms with Crippen molar-refractivity contribution in [2.75, 3.05) is 4.72 Å². The molecule has 0 aliphatic heterocycles. The molecule has 0 radical (unpaired) electrons. The van der Waals surface area contributed by atoms with Gasteiger partial charge in [-0.25, -0.2) is 8.42 Å². The summed E-state index contributed by atoms with van der Waals surface area (Å²) in [5.41, 5.74) is 0.0937. The highest BCUT2D eigenvalue weighted by Gasteiger charge is 2.14. The van der Waals surface area contributed by atoms with Gasteiger partial charge < -0.3 is 9.90 Å². The molecule has 2 rings (SSSR count). The van der Waals surface area contributed by atoms with Gasteiger partial charge in [-0.15, -0.1) is 0 Å². The molecular formula is C13H8Cl2NO4S-. The van der Waals surface area contributed by atoms with Crippen molar-refractivity contribution < 1.29 is 18.3 Å². The standard InChI is InChI=1S/C13H9Cl2NO4S/c14-9-5-10(15)7-11(6-9)16-21(19,20)12-3-1-8(2-4-12)13(17)18/h1-7,16H,(H,17,18)/p-1. The molecule has 0 bridgehead atoms. The van der Waals surface area contributed by atoms with E-state index < -0.39 is 16.0 Å². The Morgan fingerprint density at radius 1 is 1.00 bits per heavy atom. The van der Waals surface area contributed by atoms with Crippen LogP contribution < -0.4 is 9.83 Å². The molecule has 0 aromatic heterocycles. The number of hydrogen-bond acceptors (Lipinski definition) is 4. The van der Waals surface area contributed by atoms with Crippen LogP contribution in [0.2, 0.25) is 10.0 Å². The van der Waals surface area contributed by atoms with Crippen molar-refractivity contribution in [1.82, 2.24) is 0 Å². The number of carboxylic acids is 1. The van der Waals surface area contributed by atoms with Crippen molar-refractivity contribution in [3.8, 4) is 0 Å². The molecule has 0 aliphatic carbocycles. The Kier molecular flexibility index (Phi) is 4.41. The highest BCUT2D eigenvalue weighted by Crippen LogP contribution is 2.24. The number of nitrogens with one attached hydrogen (secondary N) is 1. The zero-order valence-corrected chi connectivity index (χ0v) is 12.7. The minimum atomic E-state index is -3.87.